The van der Waals surface area contributed by atoms with E-state index in [-0.39, 0.29) is 11.8 Å². The second kappa shape index (κ2) is 8.40. The molecule has 4 heteroatoms. The molecule has 0 spiro atoms. The van der Waals surface area contributed by atoms with Crippen LogP contribution in [0.3, 0.4) is 0 Å². The van der Waals surface area contributed by atoms with Crippen LogP contribution in [0.2, 0.25) is 0 Å². The number of likely N-dealkylation sites (tertiary alicyclic amines) is 1. The smallest absolute Gasteiger partial charge is 0.225 e. The Kier molecular flexibility index (Phi) is 6.52. The first-order valence-corrected chi connectivity index (χ1v) is 8.76. The molecule has 0 bridgehead atoms. The summed E-state index contributed by atoms with van der Waals surface area (Å²) in [5.41, 5.74) is 0. The summed E-state index contributed by atoms with van der Waals surface area (Å²) in [4.78, 5) is 26.3. The van der Waals surface area contributed by atoms with Crippen molar-refractivity contribution in [3.8, 4) is 0 Å². The van der Waals surface area contributed by atoms with E-state index < -0.39 is 0 Å². The topological polar surface area (TPSA) is 49.4 Å². The normalized spacial score (nSPS) is 21.3. The van der Waals surface area contributed by atoms with Crippen LogP contribution in [0.1, 0.15) is 64.7 Å². The Labute approximate surface area is 128 Å². The molecule has 2 fully saturated rings. The van der Waals surface area contributed by atoms with Crippen LogP contribution in [-0.2, 0) is 9.59 Å². The molecular formula is C17H30N2O2. The third-order valence-corrected chi connectivity index (χ3v) is 4.93. The SMILES string of the molecule is CCCNC(=O)CC1CCN(C(=O)C2CCCCC2)CC1. The van der Waals surface area contributed by atoms with Gasteiger partial charge >= 0.3 is 0 Å². The second-order valence-corrected chi connectivity index (χ2v) is 6.66. The minimum atomic E-state index is 0.175. The fourth-order valence-electron chi connectivity index (χ4n) is 3.56. The van der Waals surface area contributed by atoms with Gasteiger partial charge in [-0.2, -0.15) is 0 Å². The molecule has 21 heavy (non-hydrogen) atoms. The molecule has 1 aliphatic carbocycles. The average Bonchev–Trinajstić information content (AvgIpc) is 2.54. The highest BCUT2D eigenvalue weighted by atomic mass is 16.2. The fourth-order valence-corrected chi connectivity index (χ4v) is 3.56. The predicted octanol–water partition coefficient (Wildman–Crippen LogP) is 2.72. The highest BCUT2D eigenvalue weighted by molar-refractivity contribution is 5.79. The van der Waals surface area contributed by atoms with E-state index in [4.69, 9.17) is 0 Å². The van der Waals surface area contributed by atoms with Crippen molar-refractivity contribution >= 4 is 11.8 Å². The summed E-state index contributed by atoms with van der Waals surface area (Å²) in [6, 6.07) is 0. The largest absolute Gasteiger partial charge is 0.356 e. The lowest BCUT2D eigenvalue weighted by molar-refractivity contribution is -0.138. The van der Waals surface area contributed by atoms with Gasteiger partial charge in [0.1, 0.15) is 0 Å². The van der Waals surface area contributed by atoms with E-state index >= 15 is 0 Å². The van der Waals surface area contributed by atoms with Crippen molar-refractivity contribution in [2.45, 2.75) is 64.7 Å². The van der Waals surface area contributed by atoms with E-state index in [1.807, 2.05) is 0 Å². The Hall–Kier alpha value is -1.06. The first kappa shape index (κ1) is 16.3. The number of hydrogen-bond acceptors (Lipinski definition) is 2. The standard InChI is InChI=1S/C17H30N2O2/c1-2-10-18-16(20)13-14-8-11-19(12-9-14)17(21)15-6-4-3-5-7-15/h14-15H,2-13H2,1H3,(H,18,20). The quantitative estimate of drug-likeness (QED) is 0.847. The zero-order valence-electron chi connectivity index (χ0n) is 13.4. The molecule has 2 rings (SSSR count). The van der Waals surface area contributed by atoms with Crippen LogP contribution in [-0.4, -0.2) is 36.3 Å². The minimum Gasteiger partial charge on any atom is -0.356 e. The maximum Gasteiger partial charge on any atom is 0.225 e. The minimum absolute atomic E-state index is 0.175. The van der Waals surface area contributed by atoms with Crippen molar-refractivity contribution in [2.75, 3.05) is 19.6 Å². The van der Waals surface area contributed by atoms with Gasteiger partial charge < -0.3 is 10.2 Å². The summed E-state index contributed by atoms with van der Waals surface area (Å²) in [6.07, 6.45) is 9.46. The predicted molar refractivity (Wildman–Crippen MR) is 83.8 cm³/mol. The van der Waals surface area contributed by atoms with Crippen molar-refractivity contribution in [2.24, 2.45) is 11.8 Å². The van der Waals surface area contributed by atoms with Gasteiger partial charge in [-0.05, 0) is 38.0 Å². The van der Waals surface area contributed by atoms with Crippen molar-refractivity contribution in [3.63, 3.8) is 0 Å². The zero-order chi connectivity index (χ0) is 15.1. The maximum atomic E-state index is 12.5. The van der Waals surface area contributed by atoms with E-state index in [2.05, 4.69) is 17.1 Å². The molecule has 0 radical (unpaired) electrons. The number of nitrogens with zero attached hydrogens (tertiary/aromatic N) is 1. The molecule has 0 atom stereocenters. The van der Waals surface area contributed by atoms with Crippen LogP contribution >= 0.6 is 0 Å². The molecule has 4 nitrogen and oxygen atoms in total. The lowest BCUT2D eigenvalue weighted by Crippen LogP contribution is -2.43. The highest BCUT2D eigenvalue weighted by Crippen LogP contribution is 2.28. The first-order chi connectivity index (χ1) is 10.2. The number of piperidine rings is 1. The number of carbonyl (C=O) groups excluding carboxylic acids is 2. The van der Waals surface area contributed by atoms with Gasteiger partial charge in [0.2, 0.25) is 11.8 Å². The molecule has 1 saturated heterocycles. The number of rotatable bonds is 5. The van der Waals surface area contributed by atoms with Gasteiger partial charge in [-0.25, -0.2) is 0 Å². The Bertz CT molecular complexity index is 343. The molecule has 0 unspecified atom stereocenters. The van der Waals surface area contributed by atoms with E-state index in [9.17, 15) is 9.59 Å². The first-order valence-electron chi connectivity index (χ1n) is 8.76. The monoisotopic (exact) mass is 294 g/mol. The number of nitrogens with one attached hydrogen (secondary N) is 1. The van der Waals surface area contributed by atoms with Crippen LogP contribution in [0.25, 0.3) is 0 Å². The van der Waals surface area contributed by atoms with Crippen molar-refractivity contribution in [1.29, 1.82) is 0 Å². The second-order valence-electron chi connectivity index (χ2n) is 6.66. The summed E-state index contributed by atoms with van der Waals surface area (Å²) in [6.45, 7) is 4.54. The molecule has 1 saturated carbocycles. The van der Waals surface area contributed by atoms with Gasteiger partial charge in [0.15, 0.2) is 0 Å². The Morgan fingerprint density at radius 2 is 1.71 bits per heavy atom. The van der Waals surface area contributed by atoms with Gasteiger partial charge in [0.25, 0.3) is 0 Å². The van der Waals surface area contributed by atoms with Gasteiger partial charge in [-0.15, -0.1) is 0 Å². The molecule has 2 aliphatic rings. The molecule has 0 aromatic heterocycles. The van der Waals surface area contributed by atoms with E-state index in [0.29, 0.717) is 18.2 Å². The van der Waals surface area contributed by atoms with Gasteiger partial charge in [-0.3, -0.25) is 9.59 Å². The third kappa shape index (κ3) is 5.01. The lowest BCUT2D eigenvalue weighted by atomic mass is 9.87. The summed E-state index contributed by atoms with van der Waals surface area (Å²) in [5.74, 6) is 1.29. The molecular weight excluding hydrogens is 264 g/mol. The third-order valence-electron chi connectivity index (χ3n) is 4.93. The van der Waals surface area contributed by atoms with Gasteiger partial charge in [-0.1, -0.05) is 26.2 Å². The van der Waals surface area contributed by atoms with Crippen molar-refractivity contribution in [3.05, 3.63) is 0 Å². The number of amides is 2. The number of carbonyl (C=O) groups is 2. The summed E-state index contributed by atoms with van der Waals surface area (Å²) < 4.78 is 0. The molecule has 2 amide bonds. The summed E-state index contributed by atoms with van der Waals surface area (Å²) in [7, 11) is 0. The van der Waals surface area contributed by atoms with Crippen LogP contribution in [0.5, 0.6) is 0 Å². The van der Waals surface area contributed by atoms with Crippen LogP contribution in [0.15, 0.2) is 0 Å². The van der Waals surface area contributed by atoms with E-state index in [0.717, 1.165) is 51.7 Å². The Morgan fingerprint density at radius 1 is 1.05 bits per heavy atom. The molecule has 1 N–H and O–H groups in total. The molecule has 120 valence electrons. The molecule has 0 aromatic rings. The zero-order valence-corrected chi connectivity index (χ0v) is 13.4. The molecule has 1 aliphatic heterocycles. The van der Waals surface area contributed by atoms with Crippen LogP contribution in [0.4, 0.5) is 0 Å². The fraction of sp³-hybridized carbons (Fsp3) is 0.882. The van der Waals surface area contributed by atoms with Crippen LogP contribution in [0, 0.1) is 11.8 Å². The molecule has 1 heterocycles. The average molecular weight is 294 g/mol. The summed E-state index contributed by atoms with van der Waals surface area (Å²) >= 11 is 0. The van der Waals surface area contributed by atoms with Crippen molar-refractivity contribution < 1.29 is 9.59 Å². The molecule has 0 aromatic carbocycles. The maximum absolute atomic E-state index is 12.5. The van der Waals surface area contributed by atoms with E-state index in [1.54, 1.807) is 0 Å². The van der Waals surface area contributed by atoms with E-state index in [1.165, 1.54) is 19.3 Å². The van der Waals surface area contributed by atoms with Crippen molar-refractivity contribution in [1.82, 2.24) is 10.2 Å². The number of hydrogen-bond donors (Lipinski definition) is 1. The Morgan fingerprint density at radius 3 is 2.33 bits per heavy atom. The lowest BCUT2D eigenvalue weighted by Gasteiger charge is -2.35. The Balaban J connectivity index is 1.70. The summed E-state index contributed by atoms with van der Waals surface area (Å²) in [5, 5.41) is 2.95. The van der Waals surface area contributed by atoms with Gasteiger partial charge in [0, 0.05) is 32.0 Å². The van der Waals surface area contributed by atoms with Crippen LogP contribution < -0.4 is 5.32 Å². The highest BCUT2D eigenvalue weighted by Gasteiger charge is 2.29. The van der Waals surface area contributed by atoms with Gasteiger partial charge in [0.05, 0.1) is 0 Å².